The summed E-state index contributed by atoms with van der Waals surface area (Å²) >= 11 is 5.75. The molecule has 0 bridgehead atoms. The molecule has 0 spiro atoms. The average Bonchev–Trinajstić information content (AvgIpc) is 2.93. The van der Waals surface area contributed by atoms with Crippen molar-refractivity contribution >= 4 is 34.9 Å². The topological polar surface area (TPSA) is 65.5 Å². The molecular formula is C29H41FN6OS. The lowest BCUT2D eigenvalue weighted by Crippen LogP contribution is -2.45. The zero-order valence-electron chi connectivity index (χ0n) is 22.7. The number of benzene rings is 1. The molecule has 3 aliphatic heterocycles. The van der Waals surface area contributed by atoms with Gasteiger partial charge in [-0.25, -0.2) is 4.39 Å². The molecule has 0 amide bonds. The summed E-state index contributed by atoms with van der Waals surface area (Å²) in [7, 11) is 0. The summed E-state index contributed by atoms with van der Waals surface area (Å²) in [6, 6.07) is 9.45. The van der Waals surface area contributed by atoms with E-state index in [2.05, 4.69) is 40.3 Å². The van der Waals surface area contributed by atoms with Gasteiger partial charge < -0.3 is 25.2 Å². The van der Waals surface area contributed by atoms with Gasteiger partial charge in [-0.15, -0.1) is 0 Å². The highest BCUT2D eigenvalue weighted by Gasteiger charge is 2.35. The highest BCUT2D eigenvalue weighted by atomic mass is 32.1. The second kappa shape index (κ2) is 12.1. The number of aromatic nitrogens is 2. The van der Waals surface area contributed by atoms with Crippen LogP contribution in [0.15, 0.2) is 30.3 Å². The fourth-order valence-corrected chi connectivity index (χ4v) is 6.31. The molecule has 2 atom stereocenters. The van der Waals surface area contributed by atoms with Crippen molar-refractivity contribution in [2.45, 2.75) is 70.3 Å². The van der Waals surface area contributed by atoms with Crippen LogP contribution < -0.4 is 20.4 Å². The first kappa shape index (κ1) is 27.1. The zero-order chi connectivity index (χ0) is 26.5. The van der Waals surface area contributed by atoms with Gasteiger partial charge in [-0.05, 0) is 87.7 Å². The summed E-state index contributed by atoms with van der Waals surface area (Å²) in [6.45, 7) is 9.62. The van der Waals surface area contributed by atoms with Gasteiger partial charge in [0, 0.05) is 56.9 Å². The predicted octanol–water partition coefficient (Wildman–Crippen LogP) is 5.27. The van der Waals surface area contributed by atoms with Crippen molar-refractivity contribution < 1.29 is 9.13 Å². The molecule has 0 radical (unpaired) electrons. The molecule has 0 aliphatic carbocycles. The second-order valence-electron chi connectivity index (χ2n) is 11.3. The molecule has 0 unspecified atom stereocenters. The molecule has 38 heavy (non-hydrogen) atoms. The molecule has 7 nitrogen and oxygen atoms in total. The SMILES string of the molecule is C[C@H]1CCCN(c2cc(N3CCCC[C@@H]3C)nc(NC(=S)NCC3(c4ccc(F)cc4)CCOCC3)n2)C1. The smallest absolute Gasteiger partial charge is 0.232 e. The summed E-state index contributed by atoms with van der Waals surface area (Å²) in [5.41, 5.74) is 0.940. The highest BCUT2D eigenvalue weighted by molar-refractivity contribution is 7.80. The minimum atomic E-state index is -0.222. The maximum absolute atomic E-state index is 13.6. The molecule has 5 rings (SSSR count). The quantitative estimate of drug-likeness (QED) is 0.481. The molecule has 1 aromatic heterocycles. The normalized spacial score (nSPS) is 23.7. The predicted molar refractivity (Wildman–Crippen MR) is 156 cm³/mol. The Labute approximate surface area is 231 Å². The minimum absolute atomic E-state index is 0.168. The van der Waals surface area contributed by atoms with E-state index in [0.29, 0.717) is 42.8 Å². The Morgan fingerprint density at radius 1 is 1.05 bits per heavy atom. The number of hydrogen-bond donors (Lipinski definition) is 2. The van der Waals surface area contributed by atoms with E-state index in [4.69, 9.17) is 26.9 Å². The number of thiocarbonyl (C=S) groups is 1. The summed E-state index contributed by atoms with van der Waals surface area (Å²) in [6.07, 6.45) is 7.77. The van der Waals surface area contributed by atoms with E-state index in [9.17, 15) is 4.39 Å². The van der Waals surface area contributed by atoms with Crippen molar-refractivity contribution in [3.05, 3.63) is 41.7 Å². The van der Waals surface area contributed by atoms with Crippen LogP contribution in [0.2, 0.25) is 0 Å². The van der Waals surface area contributed by atoms with Gasteiger partial charge in [0.05, 0.1) is 0 Å². The van der Waals surface area contributed by atoms with Crippen molar-refractivity contribution in [1.29, 1.82) is 0 Å². The molecule has 2 aromatic rings. The lowest BCUT2D eigenvalue weighted by Gasteiger charge is -2.38. The van der Waals surface area contributed by atoms with E-state index >= 15 is 0 Å². The van der Waals surface area contributed by atoms with Crippen molar-refractivity contribution in [2.24, 2.45) is 5.92 Å². The maximum Gasteiger partial charge on any atom is 0.232 e. The number of nitrogens with zero attached hydrogens (tertiary/aromatic N) is 4. The third-order valence-corrected chi connectivity index (χ3v) is 8.74. The van der Waals surface area contributed by atoms with Gasteiger partial charge >= 0.3 is 0 Å². The molecule has 0 saturated carbocycles. The van der Waals surface area contributed by atoms with Crippen molar-refractivity contribution in [3.63, 3.8) is 0 Å². The summed E-state index contributed by atoms with van der Waals surface area (Å²) in [5, 5.41) is 7.23. The lowest BCUT2D eigenvalue weighted by atomic mass is 9.74. The number of hydrogen-bond acceptors (Lipinski definition) is 6. The van der Waals surface area contributed by atoms with Gasteiger partial charge in [0.1, 0.15) is 17.5 Å². The number of piperidine rings is 2. The Morgan fingerprint density at radius 2 is 1.82 bits per heavy atom. The first-order chi connectivity index (χ1) is 18.4. The molecule has 4 heterocycles. The van der Waals surface area contributed by atoms with E-state index in [0.717, 1.165) is 49.7 Å². The lowest BCUT2D eigenvalue weighted by molar-refractivity contribution is 0.0515. The molecule has 206 valence electrons. The Morgan fingerprint density at radius 3 is 2.55 bits per heavy atom. The Kier molecular flexibility index (Phi) is 8.63. The minimum Gasteiger partial charge on any atom is -0.381 e. The van der Waals surface area contributed by atoms with Crippen molar-refractivity contribution in [1.82, 2.24) is 15.3 Å². The van der Waals surface area contributed by atoms with Crippen LogP contribution in [0.25, 0.3) is 0 Å². The van der Waals surface area contributed by atoms with Crippen LogP contribution in [0.3, 0.4) is 0 Å². The van der Waals surface area contributed by atoms with Crippen LogP contribution in [-0.2, 0) is 10.2 Å². The zero-order valence-corrected chi connectivity index (χ0v) is 23.5. The third kappa shape index (κ3) is 6.37. The fraction of sp³-hybridized carbons (Fsp3) is 0.621. The fourth-order valence-electron chi connectivity index (χ4n) is 6.15. The molecular weight excluding hydrogens is 499 g/mol. The largest absolute Gasteiger partial charge is 0.381 e. The number of ether oxygens (including phenoxy) is 1. The Bertz CT molecular complexity index is 1090. The molecule has 2 N–H and O–H groups in total. The summed E-state index contributed by atoms with van der Waals surface area (Å²) in [4.78, 5) is 14.7. The monoisotopic (exact) mass is 540 g/mol. The summed E-state index contributed by atoms with van der Waals surface area (Å²) < 4.78 is 19.3. The van der Waals surface area contributed by atoms with Crippen LogP contribution in [-0.4, -0.2) is 60.5 Å². The summed E-state index contributed by atoms with van der Waals surface area (Å²) in [5.74, 6) is 2.90. The van der Waals surface area contributed by atoms with Gasteiger partial charge in [0.15, 0.2) is 5.11 Å². The third-order valence-electron chi connectivity index (χ3n) is 8.50. The highest BCUT2D eigenvalue weighted by Crippen LogP contribution is 2.35. The standard InChI is InChI=1S/C29H41FN6OS/c1-21-6-5-14-35(19-21)25-18-26(36-15-4-3-7-22(36)2)33-27(32-25)34-28(38)31-20-29(12-16-37-17-13-29)23-8-10-24(30)11-9-23/h8-11,18,21-22H,3-7,12-17,19-20H2,1-2H3,(H2,31,32,33,34,38)/t21-,22-/m0/s1. The Hall–Kier alpha value is -2.52. The van der Waals surface area contributed by atoms with Crippen LogP contribution >= 0.6 is 12.2 Å². The van der Waals surface area contributed by atoms with E-state index in [1.165, 1.54) is 44.2 Å². The van der Waals surface area contributed by atoms with Crippen LogP contribution in [0.1, 0.15) is 64.4 Å². The van der Waals surface area contributed by atoms with E-state index in [1.54, 1.807) is 0 Å². The number of rotatable bonds is 6. The van der Waals surface area contributed by atoms with Crippen LogP contribution in [0.4, 0.5) is 22.0 Å². The number of halogens is 1. The van der Waals surface area contributed by atoms with Gasteiger partial charge in [0.2, 0.25) is 5.95 Å². The average molecular weight is 541 g/mol. The second-order valence-corrected chi connectivity index (χ2v) is 11.8. The van der Waals surface area contributed by atoms with Gasteiger partial charge in [0.25, 0.3) is 0 Å². The maximum atomic E-state index is 13.6. The van der Waals surface area contributed by atoms with Gasteiger partial charge in [-0.2, -0.15) is 9.97 Å². The number of nitrogens with one attached hydrogen (secondary N) is 2. The molecule has 3 saturated heterocycles. The van der Waals surface area contributed by atoms with Crippen molar-refractivity contribution in [3.8, 4) is 0 Å². The van der Waals surface area contributed by atoms with Crippen molar-refractivity contribution in [2.75, 3.05) is 54.5 Å². The van der Waals surface area contributed by atoms with Gasteiger partial charge in [-0.3, -0.25) is 0 Å². The molecule has 9 heteroatoms. The van der Waals surface area contributed by atoms with E-state index in [-0.39, 0.29) is 11.2 Å². The van der Waals surface area contributed by atoms with Crippen LogP contribution in [0.5, 0.6) is 0 Å². The van der Waals surface area contributed by atoms with E-state index < -0.39 is 0 Å². The number of anilines is 3. The Balaban J connectivity index is 1.34. The molecule has 3 fully saturated rings. The van der Waals surface area contributed by atoms with E-state index in [1.807, 2.05) is 12.1 Å². The van der Waals surface area contributed by atoms with Crippen LogP contribution in [0, 0.1) is 11.7 Å². The first-order valence-electron chi connectivity index (χ1n) is 14.2. The first-order valence-corrected chi connectivity index (χ1v) is 14.6. The molecule has 3 aliphatic rings. The molecule has 1 aromatic carbocycles. The van der Waals surface area contributed by atoms with Gasteiger partial charge in [-0.1, -0.05) is 19.1 Å².